The Hall–Kier alpha value is -4.40. The van der Waals surface area contributed by atoms with Gasteiger partial charge in [0, 0.05) is 49.1 Å². The van der Waals surface area contributed by atoms with Crippen molar-refractivity contribution in [1.29, 1.82) is 0 Å². The van der Waals surface area contributed by atoms with Crippen molar-refractivity contribution in [1.82, 2.24) is 20.2 Å². The topological polar surface area (TPSA) is 82.0 Å². The average molecular weight is 552 g/mol. The molecular weight excluding hydrogens is 530 g/mol. The van der Waals surface area contributed by atoms with E-state index in [1.165, 1.54) is 0 Å². The standard InChI is InChI=1S/C30H22ClN5O2S/c1-37-25-17-24-28(34-30(25)38-2)26(15-16-32-24)39-21-13-11-20(12-14-21)33-29-23-6-4-3-5-22(23)27(35-36-29)18-7-9-19(31)10-8-18/h3-17H,1-2H3,(H,33,36). The Bertz CT molecular complexity index is 1800. The molecule has 1 N–H and O–H groups in total. The molecular formula is C30H22ClN5O2S. The molecule has 0 saturated carbocycles. The number of nitrogens with one attached hydrogen (secondary N) is 1. The number of benzene rings is 3. The smallest absolute Gasteiger partial charge is 0.257 e. The van der Waals surface area contributed by atoms with Crippen LogP contribution in [0.4, 0.5) is 11.5 Å². The molecule has 192 valence electrons. The second-order valence-electron chi connectivity index (χ2n) is 8.58. The number of rotatable bonds is 7. The summed E-state index contributed by atoms with van der Waals surface area (Å²) in [4.78, 5) is 11.1. The maximum atomic E-state index is 6.08. The minimum absolute atomic E-state index is 0.426. The minimum Gasteiger partial charge on any atom is -0.491 e. The maximum absolute atomic E-state index is 6.08. The molecule has 3 heterocycles. The van der Waals surface area contributed by atoms with Crippen LogP contribution in [0.1, 0.15) is 0 Å². The normalized spacial score (nSPS) is 11.1. The van der Waals surface area contributed by atoms with E-state index in [1.54, 1.807) is 32.2 Å². The van der Waals surface area contributed by atoms with Crippen LogP contribution in [0.5, 0.6) is 11.6 Å². The van der Waals surface area contributed by atoms with Crippen molar-refractivity contribution < 1.29 is 9.47 Å². The van der Waals surface area contributed by atoms with Gasteiger partial charge in [0.15, 0.2) is 11.6 Å². The summed E-state index contributed by atoms with van der Waals surface area (Å²) in [5.74, 6) is 1.66. The fraction of sp³-hybridized carbons (Fsp3) is 0.0667. The summed E-state index contributed by atoms with van der Waals surface area (Å²) >= 11 is 7.68. The van der Waals surface area contributed by atoms with Gasteiger partial charge in [-0.05, 0) is 42.5 Å². The van der Waals surface area contributed by atoms with Crippen LogP contribution in [0.2, 0.25) is 5.02 Å². The molecule has 0 bridgehead atoms. The number of halogens is 1. The van der Waals surface area contributed by atoms with Gasteiger partial charge in [-0.2, -0.15) is 0 Å². The molecule has 6 aromatic rings. The summed E-state index contributed by atoms with van der Waals surface area (Å²) in [6.07, 6.45) is 1.77. The van der Waals surface area contributed by atoms with Gasteiger partial charge in [0.25, 0.3) is 5.88 Å². The fourth-order valence-corrected chi connectivity index (χ4v) is 5.30. The third kappa shape index (κ3) is 5.04. The van der Waals surface area contributed by atoms with Crippen LogP contribution >= 0.6 is 23.4 Å². The molecule has 3 aromatic heterocycles. The lowest BCUT2D eigenvalue weighted by Crippen LogP contribution is -1.99. The highest BCUT2D eigenvalue weighted by Gasteiger charge is 2.14. The first-order valence-corrected chi connectivity index (χ1v) is 13.3. The molecule has 0 spiro atoms. The van der Waals surface area contributed by atoms with Crippen molar-refractivity contribution >= 4 is 56.7 Å². The number of fused-ring (bicyclic) bond motifs is 2. The third-order valence-corrected chi connectivity index (χ3v) is 7.48. The van der Waals surface area contributed by atoms with Gasteiger partial charge < -0.3 is 14.8 Å². The predicted octanol–water partition coefficient (Wildman–Crippen LogP) is 7.81. The zero-order valence-corrected chi connectivity index (χ0v) is 22.6. The minimum atomic E-state index is 0.426. The van der Waals surface area contributed by atoms with Crippen LogP contribution < -0.4 is 14.8 Å². The number of methoxy groups -OCH3 is 2. The summed E-state index contributed by atoms with van der Waals surface area (Å²) in [5.41, 5.74) is 4.17. The van der Waals surface area contributed by atoms with E-state index in [0.29, 0.717) is 22.5 Å². The van der Waals surface area contributed by atoms with Crippen LogP contribution in [-0.2, 0) is 0 Å². The summed E-state index contributed by atoms with van der Waals surface area (Å²) in [7, 11) is 3.16. The van der Waals surface area contributed by atoms with Gasteiger partial charge in [-0.25, -0.2) is 4.98 Å². The average Bonchev–Trinajstić information content (AvgIpc) is 2.98. The molecule has 0 aliphatic heterocycles. The Kier molecular flexibility index (Phi) is 6.87. The SMILES string of the molecule is COc1cc2nccc(Sc3ccc(Nc4nnc(-c5ccc(Cl)cc5)c5ccccc45)cc3)c2nc1OC. The molecule has 7 nitrogen and oxygen atoms in total. The number of hydrogen-bond acceptors (Lipinski definition) is 8. The zero-order valence-electron chi connectivity index (χ0n) is 21.1. The van der Waals surface area contributed by atoms with Gasteiger partial charge in [-0.15, -0.1) is 10.2 Å². The van der Waals surface area contributed by atoms with Gasteiger partial charge in [-0.3, -0.25) is 4.98 Å². The lowest BCUT2D eigenvalue weighted by atomic mass is 10.0. The second-order valence-corrected chi connectivity index (χ2v) is 10.1. The number of nitrogens with zero attached hydrogens (tertiary/aromatic N) is 4. The van der Waals surface area contributed by atoms with Gasteiger partial charge in [0.2, 0.25) is 0 Å². The van der Waals surface area contributed by atoms with Crippen LogP contribution in [0, 0.1) is 0 Å². The highest BCUT2D eigenvalue weighted by Crippen LogP contribution is 2.37. The predicted molar refractivity (Wildman–Crippen MR) is 156 cm³/mol. The molecule has 9 heteroatoms. The Morgan fingerprint density at radius 2 is 1.59 bits per heavy atom. The lowest BCUT2D eigenvalue weighted by Gasteiger charge is -2.12. The van der Waals surface area contributed by atoms with Crippen LogP contribution in [0.3, 0.4) is 0 Å². The molecule has 39 heavy (non-hydrogen) atoms. The molecule has 0 saturated heterocycles. The van der Waals surface area contributed by atoms with E-state index in [2.05, 4.69) is 43.7 Å². The molecule has 0 fully saturated rings. The third-order valence-electron chi connectivity index (χ3n) is 6.17. The molecule has 0 unspecified atom stereocenters. The number of ether oxygens (including phenoxy) is 2. The van der Waals surface area contributed by atoms with Crippen LogP contribution in [-0.4, -0.2) is 34.4 Å². The summed E-state index contributed by atoms with van der Waals surface area (Å²) < 4.78 is 10.8. The van der Waals surface area contributed by atoms with E-state index >= 15 is 0 Å². The molecule has 0 aliphatic carbocycles. The molecule has 0 aliphatic rings. The Morgan fingerprint density at radius 1 is 0.821 bits per heavy atom. The van der Waals surface area contributed by atoms with Crippen molar-refractivity contribution in [2.45, 2.75) is 9.79 Å². The molecule has 0 radical (unpaired) electrons. The first kappa shape index (κ1) is 24.9. The van der Waals surface area contributed by atoms with Crippen molar-refractivity contribution in [3.63, 3.8) is 0 Å². The highest BCUT2D eigenvalue weighted by atomic mass is 35.5. The number of hydrogen-bond donors (Lipinski definition) is 1. The van der Waals surface area contributed by atoms with E-state index in [0.717, 1.165) is 48.5 Å². The first-order chi connectivity index (χ1) is 19.1. The van der Waals surface area contributed by atoms with Crippen LogP contribution in [0.25, 0.3) is 33.1 Å². The monoisotopic (exact) mass is 551 g/mol. The van der Waals surface area contributed by atoms with Gasteiger partial charge in [0.1, 0.15) is 11.2 Å². The Labute approximate surface area is 234 Å². The van der Waals surface area contributed by atoms with E-state index in [9.17, 15) is 0 Å². The number of aromatic nitrogens is 4. The van der Waals surface area contributed by atoms with Crippen molar-refractivity contribution in [3.05, 3.63) is 96.1 Å². The molecule has 0 atom stereocenters. The Morgan fingerprint density at radius 3 is 2.33 bits per heavy atom. The largest absolute Gasteiger partial charge is 0.491 e. The van der Waals surface area contributed by atoms with E-state index in [1.807, 2.05) is 66.7 Å². The molecule has 6 rings (SSSR count). The van der Waals surface area contributed by atoms with Gasteiger partial charge >= 0.3 is 0 Å². The van der Waals surface area contributed by atoms with Gasteiger partial charge in [0.05, 0.1) is 19.7 Å². The maximum Gasteiger partial charge on any atom is 0.257 e. The van der Waals surface area contributed by atoms with E-state index in [4.69, 9.17) is 21.1 Å². The first-order valence-electron chi connectivity index (χ1n) is 12.1. The summed E-state index contributed by atoms with van der Waals surface area (Å²) in [5, 5.41) is 15.2. The van der Waals surface area contributed by atoms with Gasteiger partial charge in [-0.1, -0.05) is 59.8 Å². The number of pyridine rings is 2. The summed E-state index contributed by atoms with van der Waals surface area (Å²) in [6, 6.07) is 27.7. The van der Waals surface area contributed by atoms with Crippen molar-refractivity contribution in [2.24, 2.45) is 0 Å². The highest BCUT2D eigenvalue weighted by molar-refractivity contribution is 7.99. The van der Waals surface area contributed by atoms with Crippen molar-refractivity contribution in [3.8, 4) is 22.9 Å². The van der Waals surface area contributed by atoms with E-state index < -0.39 is 0 Å². The number of anilines is 2. The van der Waals surface area contributed by atoms with E-state index in [-0.39, 0.29) is 0 Å². The lowest BCUT2D eigenvalue weighted by molar-refractivity contribution is 0.344. The quantitative estimate of drug-likeness (QED) is 0.215. The molecule has 3 aromatic carbocycles. The Balaban J connectivity index is 1.27. The zero-order chi connectivity index (χ0) is 26.8. The second kappa shape index (κ2) is 10.8. The fourth-order valence-electron chi connectivity index (χ4n) is 4.27. The van der Waals surface area contributed by atoms with Crippen LogP contribution in [0.15, 0.2) is 101 Å². The summed E-state index contributed by atoms with van der Waals surface area (Å²) in [6.45, 7) is 0. The van der Waals surface area contributed by atoms with Crippen molar-refractivity contribution in [2.75, 3.05) is 19.5 Å². The molecule has 0 amide bonds.